The average molecular weight is 120 g/mol. The zero-order chi connectivity index (χ0) is 5.33. The SMILES string of the molecule is COC1(O)CSC1. The number of aliphatic hydroxyl groups is 1. The smallest absolute Gasteiger partial charge is 0.183 e. The molecule has 1 rings (SSSR count). The van der Waals surface area contributed by atoms with Crippen LogP contribution in [0.25, 0.3) is 0 Å². The molecule has 1 aliphatic heterocycles. The summed E-state index contributed by atoms with van der Waals surface area (Å²) in [6.45, 7) is 0. The number of rotatable bonds is 1. The van der Waals surface area contributed by atoms with Gasteiger partial charge in [-0.3, -0.25) is 0 Å². The van der Waals surface area contributed by atoms with E-state index in [9.17, 15) is 0 Å². The Morgan fingerprint density at radius 2 is 2.29 bits per heavy atom. The van der Waals surface area contributed by atoms with Gasteiger partial charge in [-0.15, -0.1) is 0 Å². The molecule has 7 heavy (non-hydrogen) atoms. The first-order chi connectivity index (χ1) is 3.27. The Balaban J connectivity index is 2.29. The topological polar surface area (TPSA) is 29.5 Å². The Morgan fingerprint density at radius 3 is 2.29 bits per heavy atom. The van der Waals surface area contributed by atoms with E-state index in [1.165, 1.54) is 7.11 Å². The third-order valence-corrected chi connectivity index (χ3v) is 2.35. The maximum atomic E-state index is 8.98. The lowest BCUT2D eigenvalue weighted by Crippen LogP contribution is -2.44. The third-order valence-electron chi connectivity index (χ3n) is 1.04. The van der Waals surface area contributed by atoms with Gasteiger partial charge in [-0.25, -0.2) is 0 Å². The molecule has 0 amide bonds. The van der Waals surface area contributed by atoms with Gasteiger partial charge in [-0.1, -0.05) is 0 Å². The summed E-state index contributed by atoms with van der Waals surface area (Å²) < 4.78 is 4.71. The minimum absolute atomic E-state index is 0.726. The van der Waals surface area contributed by atoms with Crippen molar-refractivity contribution in [1.82, 2.24) is 0 Å². The lowest BCUT2D eigenvalue weighted by molar-refractivity contribution is -0.155. The molecule has 0 bridgehead atoms. The van der Waals surface area contributed by atoms with E-state index in [1.807, 2.05) is 0 Å². The van der Waals surface area contributed by atoms with Crippen LogP contribution in [-0.4, -0.2) is 29.5 Å². The summed E-state index contributed by atoms with van der Waals surface area (Å²) in [4.78, 5) is 0. The average Bonchev–Trinajstić information content (AvgIpc) is 1.61. The van der Waals surface area contributed by atoms with Crippen LogP contribution in [0.3, 0.4) is 0 Å². The van der Waals surface area contributed by atoms with Gasteiger partial charge in [0, 0.05) is 18.6 Å². The van der Waals surface area contributed by atoms with Gasteiger partial charge in [0.15, 0.2) is 5.79 Å². The first-order valence-electron chi connectivity index (χ1n) is 2.12. The van der Waals surface area contributed by atoms with Crippen LogP contribution < -0.4 is 0 Å². The Labute approximate surface area is 46.9 Å². The molecule has 0 aromatic rings. The fourth-order valence-corrected chi connectivity index (χ4v) is 1.18. The van der Waals surface area contributed by atoms with Gasteiger partial charge < -0.3 is 9.84 Å². The van der Waals surface area contributed by atoms with Crippen LogP contribution in [-0.2, 0) is 4.74 Å². The van der Waals surface area contributed by atoms with Crippen molar-refractivity contribution in [2.45, 2.75) is 5.79 Å². The zero-order valence-electron chi connectivity index (χ0n) is 4.18. The first-order valence-corrected chi connectivity index (χ1v) is 3.28. The van der Waals surface area contributed by atoms with E-state index in [0.29, 0.717) is 0 Å². The summed E-state index contributed by atoms with van der Waals surface area (Å²) in [7, 11) is 1.53. The van der Waals surface area contributed by atoms with Crippen LogP contribution in [0.1, 0.15) is 0 Å². The Bertz CT molecular complexity index is 64.6. The van der Waals surface area contributed by atoms with Gasteiger partial charge in [-0.2, -0.15) is 11.8 Å². The Morgan fingerprint density at radius 1 is 1.71 bits per heavy atom. The second-order valence-electron chi connectivity index (χ2n) is 1.64. The highest BCUT2D eigenvalue weighted by atomic mass is 32.2. The highest BCUT2D eigenvalue weighted by Gasteiger charge is 2.34. The van der Waals surface area contributed by atoms with Crippen molar-refractivity contribution in [2.75, 3.05) is 18.6 Å². The molecule has 0 atom stereocenters. The van der Waals surface area contributed by atoms with Gasteiger partial charge in [0.05, 0.1) is 0 Å². The molecule has 1 N–H and O–H groups in total. The van der Waals surface area contributed by atoms with Crippen molar-refractivity contribution in [3.05, 3.63) is 0 Å². The second-order valence-corrected chi connectivity index (χ2v) is 2.63. The lowest BCUT2D eigenvalue weighted by Gasteiger charge is -2.33. The van der Waals surface area contributed by atoms with Gasteiger partial charge in [-0.05, 0) is 0 Å². The highest BCUT2D eigenvalue weighted by Crippen LogP contribution is 2.28. The van der Waals surface area contributed by atoms with E-state index in [0.717, 1.165) is 11.5 Å². The van der Waals surface area contributed by atoms with Gasteiger partial charge >= 0.3 is 0 Å². The Hall–Kier alpha value is 0.270. The fourth-order valence-electron chi connectivity index (χ4n) is 0.395. The van der Waals surface area contributed by atoms with Gasteiger partial charge in [0.1, 0.15) is 0 Å². The van der Waals surface area contributed by atoms with E-state index in [4.69, 9.17) is 9.84 Å². The van der Waals surface area contributed by atoms with Gasteiger partial charge in [0.25, 0.3) is 0 Å². The Kier molecular flexibility index (Phi) is 1.28. The molecule has 0 saturated carbocycles. The molecule has 0 radical (unpaired) electrons. The summed E-state index contributed by atoms with van der Waals surface area (Å²) in [6, 6.07) is 0. The maximum Gasteiger partial charge on any atom is 0.183 e. The minimum Gasteiger partial charge on any atom is -0.364 e. The number of ether oxygens (including phenoxy) is 1. The maximum absolute atomic E-state index is 8.98. The molecule has 3 heteroatoms. The predicted octanol–water partition coefficient (Wildman–Crippen LogP) is 0.0682. The molecule has 0 spiro atoms. The number of hydrogen-bond acceptors (Lipinski definition) is 3. The third kappa shape index (κ3) is 0.900. The molecule has 1 saturated heterocycles. The summed E-state index contributed by atoms with van der Waals surface area (Å²) in [6.07, 6.45) is 0. The van der Waals surface area contributed by atoms with Crippen LogP contribution in [0.15, 0.2) is 0 Å². The molecule has 0 aromatic carbocycles. The molecule has 0 aromatic heterocycles. The largest absolute Gasteiger partial charge is 0.364 e. The van der Waals surface area contributed by atoms with E-state index < -0.39 is 5.79 Å². The first kappa shape index (κ1) is 5.41. The van der Waals surface area contributed by atoms with E-state index in [1.54, 1.807) is 11.8 Å². The molecule has 0 unspecified atom stereocenters. The van der Waals surface area contributed by atoms with Crippen molar-refractivity contribution in [1.29, 1.82) is 0 Å². The van der Waals surface area contributed by atoms with Crippen molar-refractivity contribution in [2.24, 2.45) is 0 Å². The van der Waals surface area contributed by atoms with Crippen molar-refractivity contribution < 1.29 is 9.84 Å². The fraction of sp³-hybridized carbons (Fsp3) is 1.00. The monoisotopic (exact) mass is 120 g/mol. The standard InChI is InChI=1S/C4H8O2S/c1-6-4(5)2-7-3-4/h5H,2-3H2,1H3. The van der Waals surface area contributed by atoms with Crippen LogP contribution in [0, 0.1) is 0 Å². The van der Waals surface area contributed by atoms with Crippen LogP contribution in [0.5, 0.6) is 0 Å². The molecular weight excluding hydrogens is 112 g/mol. The van der Waals surface area contributed by atoms with Gasteiger partial charge in [0.2, 0.25) is 0 Å². The second kappa shape index (κ2) is 1.65. The molecule has 1 heterocycles. The predicted molar refractivity (Wildman–Crippen MR) is 29.3 cm³/mol. The summed E-state index contributed by atoms with van der Waals surface area (Å²) in [5.74, 6) is 0.678. The zero-order valence-corrected chi connectivity index (χ0v) is 4.99. The van der Waals surface area contributed by atoms with E-state index in [-0.39, 0.29) is 0 Å². The molecular formula is C4H8O2S. The molecule has 2 nitrogen and oxygen atoms in total. The molecule has 1 aliphatic rings. The number of hydrogen-bond donors (Lipinski definition) is 1. The highest BCUT2D eigenvalue weighted by molar-refractivity contribution is 8.00. The van der Waals surface area contributed by atoms with Crippen LogP contribution in [0.2, 0.25) is 0 Å². The summed E-state index contributed by atoms with van der Waals surface area (Å²) in [5.41, 5.74) is 0. The van der Waals surface area contributed by atoms with Crippen molar-refractivity contribution in [3.8, 4) is 0 Å². The number of thioether (sulfide) groups is 1. The van der Waals surface area contributed by atoms with Crippen molar-refractivity contribution in [3.63, 3.8) is 0 Å². The quantitative estimate of drug-likeness (QED) is 0.496. The lowest BCUT2D eigenvalue weighted by atomic mass is 10.4. The molecule has 42 valence electrons. The number of methoxy groups -OCH3 is 1. The van der Waals surface area contributed by atoms with Crippen LogP contribution >= 0.6 is 11.8 Å². The normalized spacial score (nSPS) is 26.6. The van der Waals surface area contributed by atoms with Crippen molar-refractivity contribution >= 4 is 11.8 Å². The summed E-state index contributed by atoms with van der Waals surface area (Å²) >= 11 is 1.69. The van der Waals surface area contributed by atoms with E-state index >= 15 is 0 Å². The summed E-state index contributed by atoms with van der Waals surface area (Å²) in [5, 5.41) is 8.98. The molecule has 0 aliphatic carbocycles. The molecule has 1 fully saturated rings. The van der Waals surface area contributed by atoms with Crippen LogP contribution in [0.4, 0.5) is 0 Å². The minimum atomic E-state index is -0.773. The van der Waals surface area contributed by atoms with E-state index in [2.05, 4.69) is 0 Å².